The molecule has 180 valence electrons. The first-order valence-electron chi connectivity index (χ1n) is 11.5. The SMILES string of the molecule is C[C@@H]1C[C@H](NC(=O)C(C)(F)F)[C@@H](c2ccccc2)N1c1ccc2c(cnn2-c2ccc(F)cc2)c1. The lowest BCUT2D eigenvalue weighted by molar-refractivity contribution is -0.143. The summed E-state index contributed by atoms with van der Waals surface area (Å²) >= 11 is 0. The molecule has 1 aliphatic heterocycles. The van der Waals surface area contributed by atoms with E-state index in [1.807, 2.05) is 55.5 Å². The van der Waals surface area contributed by atoms with Gasteiger partial charge in [-0.1, -0.05) is 30.3 Å². The molecule has 1 aliphatic rings. The van der Waals surface area contributed by atoms with E-state index in [-0.39, 0.29) is 17.9 Å². The first-order chi connectivity index (χ1) is 16.7. The monoisotopic (exact) mass is 478 g/mol. The maximum atomic E-state index is 13.7. The van der Waals surface area contributed by atoms with Crippen LogP contribution >= 0.6 is 0 Å². The Morgan fingerprint density at radius 1 is 1.03 bits per heavy atom. The third kappa shape index (κ3) is 4.36. The number of benzene rings is 3. The van der Waals surface area contributed by atoms with Crippen molar-refractivity contribution in [2.75, 3.05) is 4.90 Å². The van der Waals surface area contributed by atoms with Crippen LogP contribution in [0, 0.1) is 5.82 Å². The number of amides is 1. The molecule has 0 bridgehead atoms. The molecule has 0 aliphatic carbocycles. The predicted molar refractivity (Wildman–Crippen MR) is 129 cm³/mol. The average molecular weight is 479 g/mol. The highest BCUT2D eigenvalue weighted by Gasteiger charge is 2.43. The van der Waals surface area contributed by atoms with Crippen LogP contribution in [-0.4, -0.2) is 33.7 Å². The standard InChI is InChI=1S/C27H25F3N4O/c1-17-14-23(32-26(35)27(2,29)30)25(18-6-4-3-5-7-18)33(17)22-12-13-24-19(15-22)16-31-34(24)21-10-8-20(28)9-11-21/h3-13,15-17,23,25H,14H2,1-2H3,(H,32,35)/t17-,23+,25-/m1/s1. The normalized spacial score (nSPS) is 20.4. The van der Waals surface area contributed by atoms with E-state index in [0.717, 1.165) is 27.8 Å². The van der Waals surface area contributed by atoms with Crippen molar-refractivity contribution < 1.29 is 18.0 Å². The zero-order chi connectivity index (χ0) is 24.7. The molecule has 5 nitrogen and oxygen atoms in total. The number of hydrogen-bond donors (Lipinski definition) is 1. The van der Waals surface area contributed by atoms with E-state index in [0.29, 0.717) is 13.3 Å². The average Bonchev–Trinajstić information content (AvgIpc) is 3.39. The molecular weight excluding hydrogens is 453 g/mol. The highest BCUT2D eigenvalue weighted by atomic mass is 19.3. The number of nitrogens with zero attached hydrogens (tertiary/aromatic N) is 3. The summed E-state index contributed by atoms with van der Waals surface area (Å²) in [6.45, 7) is 2.64. The lowest BCUT2D eigenvalue weighted by Gasteiger charge is -2.33. The summed E-state index contributed by atoms with van der Waals surface area (Å²) in [5, 5.41) is 7.95. The van der Waals surface area contributed by atoms with Crippen LogP contribution in [0.2, 0.25) is 0 Å². The molecule has 2 heterocycles. The highest BCUT2D eigenvalue weighted by molar-refractivity contribution is 5.85. The molecule has 8 heteroatoms. The van der Waals surface area contributed by atoms with Crippen LogP contribution in [0.15, 0.2) is 79.0 Å². The number of halogens is 3. The van der Waals surface area contributed by atoms with Crippen molar-refractivity contribution in [2.45, 2.75) is 44.3 Å². The summed E-state index contributed by atoms with van der Waals surface area (Å²) in [5.41, 5.74) is 3.44. The summed E-state index contributed by atoms with van der Waals surface area (Å²) in [6, 6.07) is 20.8. The number of nitrogens with one attached hydrogen (secondary N) is 1. The van der Waals surface area contributed by atoms with E-state index < -0.39 is 17.9 Å². The summed E-state index contributed by atoms with van der Waals surface area (Å²) in [4.78, 5) is 14.3. The van der Waals surface area contributed by atoms with E-state index in [1.165, 1.54) is 12.1 Å². The molecule has 1 saturated heterocycles. The molecule has 0 saturated carbocycles. The molecule has 5 rings (SSSR count). The molecule has 1 fully saturated rings. The van der Waals surface area contributed by atoms with Crippen molar-refractivity contribution in [1.82, 2.24) is 15.1 Å². The first kappa shape index (κ1) is 23.0. The van der Waals surface area contributed by atoms with Gasteiger partial charge in [0.15, 0.2) is 0 Å². The number of aromatic nitrogens is 2. The number of carbonyl (C=O) groups is 1. The quantitative estimate of drug-likeness (QED) is 0.404. The van der Waals surface area contributed by atoms with Gasteiger partial charge in [0.1, 0.15) is 5.82 Å². The van der Waals surface area contributed by atoms with E-state index in [4.69, 9.17) is 0 Å². The van der Waals surface area contributed by atoms with Gasteiger partial charge in [-0.05, 0) is 61.4 Å². The van der Waals surface area contributed by atoms with Gasteiger partial charge in [0.2, 0.25) is 0 Å². The van der Waals surface area contributed by atoms with Gasteiger partial charge < -0.3 is 10.2 Å². The fraction of sp³-hybridized carbons (Fsp3) is 0.259. The van der Waals surface area contributed by atoms with Gasteiger partial charge in [-0.15, -0.1) is 0 Å². The molecule has 4 aromatic rings. The molecule has 1 aromatic heterocycles. The Morgan fingerprint density at radius 2 is 1.71 bits per heavy atom. The minimum absolute atomic E-state index is 0.0134. The Hall–Kier alpha value is -3.81. The third-order valence-electron chi connectivity index (χ3n) is 6.53. The van der Waals surface area contributed by atoms with Crippen molar-refractivity contribution in [3.8, 4) is 5.69 Å². The third-order valence-corrected chi connectivity index (χ3v) is 6.53. The Kier molecular flexibility index (Phi) is 5.75. The number of hydrogen-bond acceptors (Lipinski definition) is 3. The van der Waals surface area contributed by atoms with Gasteiger partial charge in [-0.25, -0.2) is 9.07 Å². The molecule has 0 spiro atoms. The van der Waals surface area contributed by atoms with Crippen LogP contribution in [0.25, 0.3) is 16.6 Å². The second kappa shape index (κ2) is 8.76. The lowest BCUT2D eigenvalue weighted by atomic mass is 9.99. The molecule has 35 heavy (non-hydrogen) atoms. The molecule has 1 amide bonds. The number of anilines is 1. The maximum Gasteiger partial charge on any atom is 0.321 e. The second-order valence-corrected chi connectivity index (χ2v) is 9.09. The predicted octanol–water partition coefficient (Wildman–Crippen LogP) is 5.64. The number of rotatable bonds is 5. The number of alkyl halides is 2. The molecular formula is C27H25F3N4O. The largest absolute Gasteiger partial charge is 0.360 e. The van der Waals surface area contributed by atoms with Crippen molar-refractivity contribution in [1.29, 1.82) is 0 Å². The number of fused-ring (bicyclic) bond motifs is 1. The first-order valence-corrected chi connectivity index (χ1v) is 11.5. The van der Waals surface area contributed by atoms with Gasteiger partial charge in [0.25, 0.3) is 5.91 Å². The van der Waals surface area contributed by atoms with Crippen LogP contribution in [-0.2, 0) is 4.79 Å². The van der Waals surface area contributed by atoms with Crippen LogP contribution < -0.4 is 10.2 Å². The summed E-state index contributed by atoms with van der Waals surface area (Å²) < 4.78 is 42.5. The Balaban J connectivity index is 1.53. The molecule has 1 N–H and O–H groups in total. The van der Waals surface area contributed by atoms with Crippen molar-refractivity contribution >= 4 is 22.5 Å². The van der Waals surface area contributed by atoms with Crippen molar-refractivity contribution in [3.05, 3.63) is 90.4 Å². The van der Waals surface area contributed by atoms with E-state index in [2.05, 4.69) is 15.3 Å². The fourth-order valence-corrected chi connectivity index (χ4v) is 4.94. The van der Waals surface area contributed by atoms with Crippen molar-refractivity contribution in [3.63, 3.8) is 0 Å². The van der Waals surface area contributed by atoms with Crippen molar-refractivity contribution in [2.24, 2.45) is 0 Å². The Morgan fingerprint density at radius 3 is 2.40 bits per heavy atom. The molecule has 3 atom stereocenters. The lowest BCUT2D eigenvalue weighted by Crippen LogP contribution is -2.46. The zero-order valence-corrected chi connectivity index (χ0v) is 19.3. The van der Waals surface area contributed by atoms with Crippen LogP contribution in [0.5, 0.6) is 0 Å². The van der Waals surface area contributed by atoms with E-state index in [9.17, 15) is 18.0 Å². The van der Waals surface area contributed by atoms with Crippen LogP contribution in [0.1, 0.15) is 31.9 Å². The minimum Gasteiger partial charge on any atom is -0.360 e. The van der Waals surface area contributed by atoms with Gasteiger partial charge >= 0.3 is 5.92 Å². The van der Waals surface area contributed by atoms with Gasteiger partial charge in [-0.2, -0.15) is 13.9 Å². The fourth-order valence-electron chi connectivity index (χ4n) is 4.94. The van der Waals surface area contributed by atoms with Crippen LogP contribution in [0.3, 0.4) is 0 Å². The number of carbonyl (C=O) groups excluding carboxylic acids is 1. The zero-order valence-electron chi connectivity index (χ0n) is 19.3. The van der Waals surface area contributed by atoms with Gasteiger partial charge in [0.05, 0.1) is 29.5 Å². The Labute approximate surface area is 201 Å². The van der Waals surface area contributed by atoms with Crippen LogP contribution in [0.4, 0.5) is 18.9 Å². The highest BCUT2D eigenvalue weighted by Crippen LogP contribution is 2.41. The summed E-state index contributed by atoms with van der Waals surface area (Å²) in [6.07, 6.45) is 2.27. The molecule has 0 unspecified atom stereocenters. The smallest absolute Gasteiger partial charge is 0.321 e. The van der Waals surface area contributed by atoms with E-state index >= 15 is 0 Å². The maximum absolute atomic E-state index is 13.7. The molecule has 0 radical (unpaired) electrons. The summed E-state index contributed by atoms with van der Waals surface area (Å²) in [7, 11) is 0. The Bertz CT molecular complexity index is 1350. The van der Waals surface area contributed by atoms with Gasteiger partial charge in [0, 0.05) is 24.0 Å². The summed E-state index contributed by atoms with van der Waals surface area (Å²) in [5.74, 6) is -5.04. The van der Waals surface area contributed by atoms with E-state index in [1.54, 1.807) is 23.0 Å². The second-order valence-electron chi connectivity index (χ2n) is 9.09. The minimum atomic E-state index is -3.45. The topological polar surface area (TPSA) is 50.2 Å². The van der Waals surface area contributed by atoms with Gasteiger partial charge in [-0.3, -0.25) is 4.79 Å². The molecule has 3 aromatic carbocycles.